The maximum absolute atomic E-state index is 13.0. The molecule has 0 bridgehead atoms. The minimum absolute atomic E-state index is 0.0393. The van der Waals surface area contributed by atoms with Crippen LogP contribution in [0.4, 0.5) is 0 Å². The molecule has 0 aliphatic carbocycles. The molecule has 1 aliphatic heterocycles. The number of furan rings is 1. The molecule has 0 radical (unpaired) electrons. The minimum Gasteiger partial charge on any atom is -0.480 e. The van der Waals surface area contributed by atoms with Gasteiger partial charge in [-0.05, 0) is 67.6 Å². The van der Waals surface area contributed by atoms with Gasteiger partial charge in [-0.3, -0.25) is 9.59 Å². The molecule has 0 fully saturated rings. The Labute approximate surface area is 224 Å². The molecule has 3 aromatic carbocycles. The van der Waals surface area contributed by atoms with Crippen molar-refractivity contribution in [3.8, 4) is 11.5 Å². The molecule has 3 N–H and O–H groups in total. The fourth-order valence-electron chi connectivity index (χ4n) is 4.50. The van der Waals surface area contributed by atoms with Crippen molar-refractivity contribution in [1.82, 2.24) is 10.0 Å². The zero-order valence-electron chi connectivity index (χ0n) is 21.0. The van der Waals surface area contributed by atoms with Gasteiger partial charge in [0.15, 0.2) is 11.5 Å². The van der Waals surface area contributed by atoms with Gasteiger partial charge in [0.25, 0.3) is 0 Å². The van der Waals surface area contributed by atoms with Gasteiger partial charge in [0.2, 0.25) is 22.7 Å². The number of fused-ring (bicyclic) bond motifs is 4. The van der Waals surface area contributed by atoms with E-state index in [1.54, 1.807) is 12.1 Å². The van der Waals surface area contributed by atoms with Gasteiger partial charge in [-0.1, -0.05) is 24.3 Å². The molecule has 204 valence electrons. The molecular weight excluding hydrogens is 524 g/mol. The zero-order valence-corrected chi connectivity index (χ0v) is 21.8. The number of carbonyl (C=O) groups excluding carboxylic acids is 1. The summed E-state index contributed by atoms with van der Waals surface area (Å²) < 4.78 is 44.7. The largest absolute Gasteiger partial charge is 0.480 e. The Morgan fingerprint density at radius 1 is 0.923 bits per heavy atom. The van der Waals surface area contributed by atoms with Crippen LogP contribution < -0.4 is 19.5 Å². The summed E-state index contributed by atoms with van der Waals surface area (Å²) in [5, 5.41) is 13.8. The molecule has 0 saturated heterocycles. The number of hydrogen-bond donors (Lipinski definition) is 3. The summed E-state index contributed by atoms with van der Waals surface area (Å²) >= 11 is 0. The molecule has 0 saturated carbocycles. The van der Waals surface area contributed by atoms with Crippen LogP contribution in [0, 0.1) is 0 Å². The molecule has 4 aromatic rings. The lowest BCUT2D eigenvalue weighted by atomic mass is 10.1. The summed E-state index contributed by atoms with van der Waals surface area (Å²) in [6.07, 6.45) is 1.85. The molecule has 11 heteroatoms. The molecule has 5 rings (SSSR count). The summed E-state index contributed by atoms with van der Waals surface area (Å²) in [5.74, 6) is -0.0173. The number of rotatable bonds is 12. The normalized spacial score (nSPS) is 13.5. The standard InChI is InChI=1S/C28H28N2O8S/c31-27(13-9-18-8-11-25-26(15-18)37-17-36-25)29-14-4-3-6-22(28(32)33)30-39(34,35)19-10-12-24-21(16-19)20-5-1-2-7-23(20)38-24/h1-2,5,7-8,10-12,15-16,22,30H,3-4,6,9,13-14,17H2,(H,29,31)(H,32,33). The molecule has 1 amide bonds. The van der Waals surface area contributed by atoms with E-state index in [-0.39, 0.29) is 24.0 Å². The highest BCUT2D eigenvalue weighted by atomic mass is 32.2. The van der Waals surface area contributed by atoms with Crippen molar-refractivity contribution in [1.29, 1.82) is 0 Å². The lowest BCUT2D eigenvalue weighted by Crippen LogP contribution is -2.40. The molecule has 1 aliphatic rings. The zero-order chi connectivity index (χ0) is 27.4. The summed E-state index contributed by atoms with van der Waals surface area (Å²) in [5.41, 5.74) is 2.15. The topological polar surface area (TPSA) is 144 Å². The summed E-state index contributed by atoms with van der Waals surface area (Å²) in [6.45, 7) is 0.561. The predicted molar refractivity (Wildman–Crippen MR) is 143 cm³/mol. The maximum Gasteiger partial charge on any atom is 0.321 e. The highest BCUT2D eigenvalue weighted by Crippen LogP contribution is 2.33. The molecule has 1 unspecified atom stereocenters. The van der Waals surface area contributed by atoms with Crippen LogP contribution in [0.25, 0.3) is 21.9 Å². The predicted octanol–water partition coefficient (Wildman–Crippen LogP) is 3.97. The second kappa shape index (κ2) is 11.3. The van der Waals surface area contributed by atoms with Crippen LogP contribution in [0.5, 0.6) is 11.5 Å². The lowest BCUT2D eigenvalue weighted by Gasteiger charge is -2.15. The second-order valence-corrected chi connectivity index (χ2v) is 11.0. The Morgan fingerprint density at radius 2 is 1.72 bits per heavy atom. The number of nitrogens with one attached hydrogen (secondary N) is 2. The number of sulfonamides is 1. The van der Waals surface area contributed by atoms with Crippen molar-refractivity contribution in [2.45, 2.75) is 43.0 Å². The number of carboxylic acid groups (broad SMARTS) is 1. The highest BCUT2D eigenvalue weighted by molar-refractivity contribution is 7.89. The third-order valence-electron chi connectivity index (χ3n) is 6.57. The number of unbranched alkanes of at least 4 members (excludes halogenated alkanes) is 1. The second-order valence-electron chi connectivity index (χ2n) is 9.30. The Morgan fingerprint density at radius 3 is 2.56 bits per heavy atom. The summed E-state index contributed by atoms with van der Waals surface area (Å²) in [4.78, 5) is 23.9. The van der Waals surface area contributed by atoms with E-state index in [4.69, 9.17) is 13.9 Å². The van der Waals surface area contributed by atoms with Crippen molar-refractivity contribution in [2.75, 3.05) is 13.3 Å². The first-order valence-electron chi connectivity index (χ1n) is 12.6. The summed E-state index contributed by atoms with van der Waals surface area (Å²) in [6, 6.07) is 16.0. The van der Waals surface area contributed by atoms with E-state index in [1.165, 1.54) is 12.1 Å². The van der Waals surface area contributed by atoms with Crippen molar-refractivity contribution in [3.63, 3.8) is 0 Å². The highest BCUT2D eigenvalue weighted by Gasteiger charge is 2.26. The molecule has 39 heavy (non-hydrogen) atoms. The first kappa shape index (κ1) is 26.5. The van der Waals surface area contributed by atoms with Gasteiger partial charge in [-0.2, -0.15) is 4.72 Å². The smallest absolute Gasteiger partial charge is 0.321 e. The molecule has 1 aromatic heterocycles. The number of carbonyl (C=O) groups is 2. The quantitative estimate of drug-likeness (QED) is 0.224. The Hall–Kier alpha value is -4.09. The van der Waals surface area contributed by atoms with E-state index in [0.29, 0.717) is 60.3 Å². The van der Waals surface area contributed by atoms with E-state index >= 15 is 0 Å². The van der Waals surface area contributed by atoms with Crippen LogP contribution in [0.1, 0.15) is 31.2 Å². The van der Waals surface area contributed by atoms with Crippen LogP contribution in [0.2, 0.25) is 0 Å². The number of para-hydroxylation sites is 1. The maximum atomic E-state index is 13.0. The SMILES string of the molecule is O=C(CCc1ccc2c(c1)OCO2)NCCCCC(NS(=O)(=O)c1ccc2oc3ccccc3c2c1)C(=O)O. The van der Waals surface area contributed by atoms with Crippen LogP contribution >= 0.6 is 0 Å². The van der Waals surface area contributed by atoms with Gasteiger partial charge in [0, 0.05) is 23.7 Å². The van der Waals surface area contributed by atoms with E-state index in [0.717, 1.165) is 10.9 Å². The fourth-order valence-corrected chi connectivity index (χ4v) is 5.75. The van der Waals surface area contributed by atoms with Gasteiger partial charge in [0.1, 0.15) is 17.2 Å². The van der Waals surface area contributed by atoms with Crippen molar-refractivity contribution >= 4 is 43.8 Å². The van der Waals surface area contributed by atoms with Crippen LogP contribution in [-0.4, -0.2) is 44.8 Å². The van der Waals surface area contributed by atoms with E-state index in [9.17, 15) is 23.1 Å². The van der Waals surface area contributed by atoms with Gasteiger partial charge in [0.05, 0.1) is 4.90 Å². The van der Waals surface area contributed by atoms with E-state index in [1.807, 2.05) is 36.4 Å². The summed E-state index contributed by atoms with van der Waals surface area (Å²) in [7, 11) is -4.10. The molecule has 0 spiro atoms. The molecule has 10 nitrogen and oxygen atoms in total. The fraction of sp³-hybridized carbons (Fsp3) is 0.286. The number of carboxylic acids is 1. The number of aliphatic carboxylic acids is 1. The first-order valence-corrected chi connectivity index (χ1v) is 14.1. The average molecular weight is 553 g/mol. The van der Waals surface area contributed by atoms with Crippen molar-refractivity contribution in [3.05, 3.63) is 66.2 Å². The molecule has 2 heterocycles. The third kappa shape index (κ3) is 6.15. The number of benzene rings is 3. The van der Waals surface area contributed by atoms with Gasteiger partial charge < -0.3 is 24.3 Å². The first-order chi connectivity index (χ1) is 18.8. The monoisotopic (exact) mass is 552 g/mol. The van der Waals surface area contributed by atoms with Crippen LogP contribution in [-0.2, 0) is 26.0 Å². The van der Waals surface area contributed by atoms with Crippen LogP contribution in [0.15, 0.2) is 70.0 Å². The number of ether oxygens (including phenoxy) is 2. The van der Waals surface area contributed by atoms with Gasteiger partial charge in [-0.15, -0.1) is 0 Å². The molecule has 1 atom stereocenters. The van der Waals surface area contributed by atoms with E-state index < -0.39 is 22.0 Å². The van der Waals surface area contributed by atoms with Gasteiger partial charge >= 0.3 is 5.97 Å². The van der Waals surface area contributed by atoms with E-state index in [2.05, 4.69) is 10.0 Å². The Balaban J connectivity index is 1.10. The number of aryl methyl sites for hydroxylation is 1. The average Bonchev–Trinajstić information content (AvgIpc) is 3.54. The van der Waals surface area contributed by atoms with Crippen molar-refractivity contribution < 1.29 is 37.0 Å². The number of amides is 1. The van der Waals surface area contributed by atoms with Gasteiger partial charge in [-0.25, -0.2) is 8.42 Å². The van der Waals surface area contributed by atoms with Crippen molar-refractivity contribution in [2.24, 2.45) is 0 Å². The third-order valence-corrected chi connectivity index (χ3v) is 8.04. The van der Waals surface area contributed by atoms with Crippen LogP contribution in [0.3, 0.4) is 0 Å². The Bertz CT molecular complexity index is 1630. The lowest BCUT2D eigenvalue weighted by molar-refractivity contribution is -0.139. The minimum atomic E-state index is -4.10. The molecular formula is C28H28N2O8S. The Kier molecular flexibility index (Phi) is 7.71. The number of hydrogen-bond acceptors (Lipinski definition) is 7.